The van der Waals surface area contributed by atoms with Crippen molar-refractivity contribution in [1.82, 2.24) is 20.1 Å². The number of hydrogen-bond acceptors (Lipinski definition) is 4. The Morgan fingerprint density at radius 3 is 2.74 bits per heavy atom. The summed E-state index contributed by atoms with van der Waals surface area (Å²) in [7, 11) is 1.80. The highest BCUT2D eigenvalue weighted by Gasteiger charge is 2.23. The molecule has 1 N–H and O–H groups in total. The van der Waals surface area contributed by atoms with Gasteiger partial charge < -0.3 is 10.2 Å². The first-order valence-corrected chi connectivity index (χ1v) is 8.50. The first-order chi connectivity index (χ1) is 11.0. The second-order valence-electron chi connectivity index (χ2n) is 5.86. The van der Waals surface area contributed by atoms with E-state index >= 15 is 0 Å². The van der Waals surface area contributed by atoms with Crippen LogP contribution < -0.4 is 10.2 Å². The summed E-state index contributed by atoms with van der Waals surface area (Å²) in [5, 5.41) is 7.35. The zero-order chi connectivity index (χ0) is 16.4. The third-order valence-electron chi connectivity index (χ3n) is 4.16. The SMILES string of the molecule is Cc1cc(C(=O)NC2CCN(c3ccncc3Br)CC2)n(C)n1. The summed E-state index contributed by atoms with van der Waals surface area (Å²) >= 11 is 3.54. The van der Waals surface area contributed by atoms with Gasteiger partial charge in [0.25, 0.3) is 5.91 Å². The topological polar surface area (TPSA) is 63.1 Å². The molecule has 7 heteroatoms. The fraction of sp³-hybridized carbons (Fsp3) is 0.438. The first-order valence-electron chi connectivity index (χ1n) is 7.70. The Hall–Kier alpha value is -1.89. The number of piperidine rings is 1. The number of carbonyl (C=O) groups is 1. The van der Waals surface area contributed by atoms with Gasteiger partial charge in [-0.25, -0.2) is 0 Å². The Morgan fingerprint density at radius 2 is 2.13 bits per heavy atom. The fourth-order valence-corrected chi connectivity index (χ4v) is 3.47. The van der Waals surface area contributed by atoms with E-state index in [0.717, 1.165) is 41.8 Å². The summed E-state index contributed by atoms with van der Waals surface area (Å²) in [5.74, 6) is -0.0448. The summed E-state index contributed by atoms with van der Waals surface area (Å²) in [5.41, 5.74) is 2.63. The Labute approximate surface area is 144 Å². The van der Waals surface area contributed by atoms with Gasteiger partial charge in [-0.15, -0.1) is 0 Å². The highest BCUT2D eigenvalue weighted by atomic mass is 79.9. The number of aryl methyl sites for hydroxylation is 2. The molecule has 1 aliphatic rings. The molecule has 23 heavy (non-hydrogen) atoms. The average molecular weight is 378 g/mol. The van der Waals surface area contributed by atoms with E-state index in [2.05, 4.69) is 36.2 Å². The maximum absolute atomic E-state index is 12.4. The first kappa shape index (κ1) is 16.0. The second-order valence-corrected chi connectivity index (χ2v) is 6.71. The van der Waals surface area contributed by atoms with Gasteiger partial charge in [0.2, 0.25) is 0 Å². The van der Waals surface area contributed by atoms with Crippen molar-refractivity contribution >= 4 is 27.5 Å². The average Bonchev–Trinajstić information content (AvgIpc) is 2.87. The standard InChI is InChI=1S/C16H20BrN5O/c1-11-9-15(21(2)20-11)16(23)19-12-4-7-22(8-5-12)14-3-6-18-10-13(14)17/h3,6,9-10,12H,4-5,7-8H2,1-2H3,(H,19,23). The van der Waals surface area contributed by atoms with Crippen LogP contribution in [-0.2, 0) is 7.05 Å². The van der Waals surface area contributed by atoms with Crippen LogP contribution in [-0.4, -0.2) is 39.8 Å². The van der Waals surface area contributed by atoms with E-state index in [1.54, 1.807) is 17.9 Å². The lowest BCUT2D eigenvalue weighted by molar-refractivity contribution is 0.0921. The van der Waals surface area contributed by atoms with Crippen molar-refractivity contribution in [2.75, 3.05) is 18.0 Å². The number of carbonyl (C=O) groups excluding carboxylic acids is 1. The quantitative estimate of drug-likeness (QED) is 0.890. The van der Waals surface area contributed by atoms with Crippen molar-refractivity contribution in [3.05, 3.63) is 40.4 Å². The van der Waals surface area contributed by atoms with Gasteiger partial charge in [-0.05, 0) is 47.8 Å². The summed E-state index contributed by atoms with van der Waals surface area (Å²) in [4.78, 5) is 18.8. The number of nitrogens with zero attached hydrogens (tertiary/aromatic N) is 4. The predicted molar refractivity (Wildman–Crippen MR) is 92.6 cm³/mol. The lowest BCUT2D eigenvalue weighted by atomic mass is 10.0. The van der Waals surface area contributed by atoms with Crippen LogP contribution in [0.15, 0.2) is 29.0 Å². The second kappa shape index (κ2) is 6.70. The van der Waals surface area contributed by atoms with Crippen molar-refractivity contribution in [1.29, 1.82) is 0 Å². The van der Waals surface area contributed by atoms with Crippen molar-refractivity contribution in [2.24, 2.45) is 7.05 Å². The maximum atomic E-state index is 12.4. The molecule has 2 aromatic heterocycles. The van der Waals surface area contributed by atoms with E-state index in [1.807, 2.05) is 25.3 Å². The molecule has 0 aliphatic carbocycles. The number of nitrogens with one attached hydrogen (secondary N) is 1. The summed E-state index contributed by atoms with van der Waals surface area (Å²) < 4.78 is 2.64. The minimum Gasteiger partial charge on any atom is -0.370 e. The van der Waals surface area contributed by atoms with Crippen LogP contribution in [0.5, 0.6) is 0 Å². The van der Waals surface area contributed by atoms with E-state index in [0.29, 0.717) is 5.69 Å². The van der Waals surface area contributed by atoms with Crippen molar-refractivity contribution in [3.63, 3.8) is 0 Å². The highest BCUT2D eigenvalue weighted by molar-refractivity contribution is 9.10. The minimum absolute atomic E-state index is 0.0448. The zero-order valence-corrected chi connectivity index (χ0v) is 14.9. The number of hydrogen-bond donors (Lipinski definition) is 1. The van der Waals surface area contributed by atoms with Crippen molar-refractivity contribution < 1.29 is 4.79 Å². The predicted octanol–water partition coefficient (Wildman–Crippen LogP) is 2.28. The molecule has 0 unspecified atom stereocenters. The fourth-order valence-electron chi connectivity index (χ4n) is 2.97. The number of halogens is 1. The third kappa shape index (κ3) is 3.55. The van der Waals surface area contributed by atoms with E-state index in [4.69, 9.17) is 0 Å². The van der Waals surface area contributed by atoms with E-state index < -0.39 is 0 Å². The highest BCUT2D eigenvalue weighted by Crippen LogP contribution is 2.27. The molecular formula is C16H20BrN5O. The van der Waals surface area contributed by atoms with Crippen molar-refractivity contribution in [2.45, 2.75) is 25.8 Å². The van der Waals surface area contributed by atoms with E-state index in [-0.39, 0.29) is 11.9 Å². The van der Waals surface area contributed by atoms with Gasteiger partial charge in [0.05, 0.1) is 15.9 Å². The zero-order valence-electron chi connectivity index (χ0n) is 13.3. The molecule has 122 valence electrons. The van der Waals surface area contributed by atoms with Gasteiger partial charge in [-0.2, -0.15) is 5.10 Å². The van der Waals surface area contributed by atoms with Crippen LogP contribution in [0.2, 0.25) is 0 Å². The monoisotopic (exact) mass is 377 g/mol. The molecule has 1 aliphatic heterocycles. The molecule has 2 aromatic rings. The number of rotatable bonds is 3. The van der Waals surface area contributed by atoms with Gasteiger partial charge >= 0.3 is 0 Å². The molecule has 0 bridgehead atoms. The largest absolute Gasteiger partial charge is 0.370 e. The normalized spacial score (nSPS) is 15.7. The number of pyridine rings is 1. The van der Waals surface area contributed by atoms with Crippen molar-refractivity contribution in [3.8, 4) is 0 Å². The Kier molecular flexibility index (Phi) is 4.66. The van der Waals surface area contributed by atoms with E-state index in [9.17, 15) is 4.79 Å². The molecule has 0 spiro atoms. The molecule has 3 heterocycles. The Balaban J connectivity index is 1.58. The maximum Gasteiger partial charge on any atom is 0.269 e. The molecule has 0 saturated carbocycles. The minimum atomic E-state index is -0.0448. The van der Waals surface area contributed by atoms with Crippen LogP contribution in [0.3, 0.4) is 0 Å². The molecule has 0 radical (unpaired) electrons. The lowest BCUT2D eigenvalue weighted by Gasteiger charge is -2.34. The Bertz CT molecular complexity index is 706. The van der Waals surface area contributed by atoms with Crippen LogP contribution in [0.25, 0.3) is 0 Å². The van der Waals surface area contributed by atoms with Gasteiger partial charge in [-0.1, -0.05) is 0 Å². The molecule has 6 nitrogen and oxygen atoms in total. The summed E-state index contributed by atoms with van der Waals surface area (Å²) in [6, 6.07) is 4.04. The Morgan fingerprint density at radius 1 is 1.39 bits per heavy atom. The summed E-state index contributed by atoms with van der Waals surface area (Å²) in [6.45, 7) is 3.72. The molecule has 3 rings (SSSR count). The van der Waals surface area contributed by atoms with Gasteiger partial charge in [0, 0.05) is 38.6 Å². The van der Waals surface area contributed by atoms with Gasteiger partial charge in [0.15, 0.2) is 0 Å². The third-order valence-corrected chi connectivity index (χ3v) is 4.77. The molecule has 1 saturated heterocycles. The van der Waals surface area contributed by atoms with Crippen LogP contribution in [0.1, 0.15) is 29.0 Å². The summed E-state index contributed by atoms with van der Waals surface area (Å²) in [6.07, 6.45) is 5.47. The number of anilines is 1. The number of amides is 1. The van der Waals surface area contributed by atoms with Crippen LogP contribution in [0, 0.1) is 6.92 Å². The molecule has 1 amide bonds. The smallest absolute Gasteiger partial charge is 0.269 e. The molecule has 0 atom stereocenters. The molecule has 1 fully saturated rings. The van der Waals surface area contributed by atoms with Gasteiger partial charge in [-0.3, -0.25) is 14.5 Å². The van der Waals surface area contributed by atoms with E-state index in [1.165, 1.54) is 0 Å². The molecular weight excluding hydrogens is 358 g/mol. The van der Waals surface area contributed by atoms with Gasteiger partial charge in [0.1, 0.15) is 5.69 Å². The lowest BCUT2D eigenvalue weighted by Crippen LogP contribution is -2.45. The van der Waals surface area contributed by atoms with Crippen LogP contribution in [0.4, 0.5) is 5.69 Å². The molecule has 0 aromatic carbocycles. The number of aromatic nitrogens is 3. The van der Waals surface area contributed by atoms with Crippen LogP contribution >= 0.6 is 15.9 Å².